The van der Waals surface area contributed by atoms with Crippen LogP contribution in [-0.2, 0) is 4.79 Å². The number of rotatable bonds is 10. The molecule has 5 nitrogen and oxygen atoms in total. The van der Waals surface area contributed by atoms with Crippen molar-refractivity contribution in [3.05, 3.63) is 70.8 Å². The van der Waals surface area contributed by atoms with E-state index in [0.717, 1.165) is 53.1 Å². The summed E-state index contributed by atoms with van der Waals surface area (Å²) in [7, 11) is 0. The molecular weight excluding hydrogens is 486 g/mol. The molecule has 1 saturated heterocycles. The van der Waals surface area contributed by atoms with Crippen molar-refractivity contribution in [2.24, 2.45) is 5.92 Å². The lowest BCUT2D eigenvalue weighted by Gasteiger charge is -2.13. The highest BCUT2D eigenvalue weighted by Crippen LogP contribution is 2.36. The average molecular weight is 520 g/mol. The Hall–Kier alpha value is -2.90. The van der Waals surface area contributed by atoms with Crippen LogP contribution in [0.1, 0.15) is 51.2 Å². The van der Waals surface area contributed by atoms with Gasteiger partial charge < -0.3 is 4.74 Å². The van der Waals surface area contributed by atoms with E-state index >= 15 is 0 Å². The van der Waals surface area contributed by atoms with Gasteiger partial charge in [0.1, 0.15) is 15.8 Å². The number of benzene rings is 2. The summed E-state index contributed by atoms with van der Waals surface area (Å²) >= 11 is 6.91. The van der Waals surface area contributed by atoms with Crippen molar-refractivity contribution in [3.8, 4) is 22.7 Å². The van der Waals surface area contributed by atoms with Gasteiger partial charge in [-0.3, -0.25) is 9.69 Å². The van der Waals surface area contributed by atoms with E-state index in [1.807, 2.05) is 59.4 Å². The number of unbranched alkanes of at least 4 members (excludes halogenated alkanes) is 2. The second-order valence-electron chi connectivity index (χ2n) is 9.44. The van der Waals surface area contributed by atoms with Crippen molar-refractivity contribution in [3.63, 3.8) is 0 Å². The molecule has 1 aliphatic rings. The van der Waals surface area contributed by atoms with E-state index in [9.17, 15) is 4.79 Å². The molecule has 7 heteroatoms. The molecule has 188 valence electrons. The lowest BCUT2D eigenvalue weighted by Crippen LogP contribution is -2.28. The quantitative estimate of drug-likeness (QED) is 0.160. The van der Waals surface area contributed by atoms with E-state index in [2.05, 4.69) is 33.8 Å². The highest BCUT2D eigenvalue weighted by molar-refractivity contribution is 8.26. The van der Waals surface area contributed by atoms with Gasteiger partial charge in [0.2, 0.25) is 0 Å². The number of hydrogen-bond donors (Lipinski definition) is 0. The first-order chi connectivity index (χ1) is 17.4. The molecule has 4 rings (SSSR count). The Morgan fingerprint density at radius 1 is 1.14 bits per heavy atom. The fourth-order valence-electron chi connectivity index (χ4n) is 4.00. The summed E-state index contributed by atoms with van der Waals surface area (Å²) < 4.78 is 8.46. The van der Waals surface area contributed by atoms with Gasteiger partial charge in [0.25, 0.3) is 5.91 Å². The molecule has 1 amide bonds. The van der Waals surface area contributed by atoms with Crippen LogP contribution in [0.25, 0.3) is 23.0 Å². The van der Waals surface area contributed by atoms with E-state index in [-0.39, 0.29) is 5.91 Å². The molecule has 2 heterocycles. The lowest BCUT2D eigenvalue weighted by atomic mass is 10.0. The third kappa shape index (κ3) is 6.08. The number of carbonyl (C=O) groups is 1. The Kier molecular flexibility index (Phi) is 8.64. The van der Waals surface area contributed by atoms with Crippen molar-refractivity contribution in [2.45, 2.75) is 47.0 Å². The first-order valence-corrected chi connectivity index (χ1v) is 13.7. The van der Waals surface area contributed by atoms with Crippen molar-refractivity contribution in [1.29, 1.82) is 0 Å². The summed E-state index contributed by atoms with van der Waals surface area (Å²) in [6.45, 7) is 9.82. The molecule has 0 N–H and O–H groups in total. The van der Waals surface area contributed by atoms with Crippen LogP contribution in [-0.4, -0.2) is 38.1 Å². The predicted molar refractivity (Wildman–Crippen MR) is 153 cm³/mol. The SMILES string of the molecule is CCCCCN1C(=O)/C(=C/c2cn(-c3ccccc3)nc2-c2ccc(OCC(C)C)c(C)c2)SC1=S. The second-order valence-corrected chi connectivity index (χ2v) is 11.1. The average Bonchev–Trinajstić information content (AvgIpc) is 3.40. The Morgan fingerprint density at radius 2 is 1.92 bits per heavy atom. The number of ether oxygens (including phenoxy) is 1. The zero-order chi connectivity index (χ0) is 25.7. The van der Waals surface area contributed by atoms with E-state index in [0.29, 0.717) is 28.3 Å². The smallest absolute Gasteiger partial charge is 0.266 e. The number of para-hydroxylation sites is 1. The van der Waals surface area contributed by atoms with Gasteiger partial charge in [-0.05, 0) is 61.2 Å². The second kappa shape index (κ2) is 11.9. The molecule has 3 aromatic rings. The molecule has 0 spiro atoms. The molecule has 0 atom stereocenters. The van der Waals surface area contributed by atoms with Gasteiger partial charge in [0.15, 0.2) is 0 Å². The molecule has 1 aliphatic heterocycles. The maximum atomic E-state index is 13.2. The van der Waals surface area contributed by atoms with Gasteiger partial charge in [-0.25, -0.2) is 4.68 Å². The van der Waals surface area contributed by atoms with Crippen molar-refractivity contribution < 1.29 is 9.53 Å². The van der Waals surface area contributed by atoms with Gasteiger partial charge in [-0.2, -0.15) is 5.10 Å². The Morgan fingerprint density at radius 3 is 2.61 bits per heavy atom. The summed E-state index contributed by atoms with van der Waals surface area (Å²) in [6, 6.07) is 16.1. The highest BCUT2D eigenvalue weighted by Gasteiger charge is 2.32. The molecule has 1 fully saturated rings. The highest BCUT2D eigenvalue weighted by atomic mass is 32.2. The van der Waals surface area contributed by atoms with Crippen LogP contribution in [0.15, 0.2) is 59.6 Å². The lowest BCUT2D eigenvalue weighted by molar-refractivity contribution is -0.122. The molecule has 0 saturated carbocycles. The number of nitrogens with zero attached hydrogens (tertiary/aromatic N) is 3. The number of carbonyl (C=O) groups excluding carboxylic acids is 1. The first kappa shape index (κ1) is 26.2. The van der Waals surface area contributed by atoms with E-state index in [1.165, 1.54) is 11.8 Å². The summed E-state index contributed by atoms with van der Waals surface area (Å²) in [5.41, 5.74) is 4.68. The zero-order valence-electron chi connectivity index (χ0n) is 21.4. The van der Waals surface area contributed by atoms with Gasteiger partial charge >= 0.3 is 0 Å². The van der Waals surface area contributed by atoms with E-state index in [4.69, 9.17) is 22.1 Å². The van der Waals surface area contributed by atoms with Gasteiger partial charge in [0, 0.05) is 23.9 Å². The fourth-order valence-corrected chi connectivity index (χ4v) is 5.30. The fraction of sp³-hybridized carbons (Fsp3) is 0.345. The summed E-state index contributed by atoms with van der Waals surface area (Å²) in [5.74, 6) is 1.32. The zero-order valence-corrected chi connectivity index (χ0v) is 23.0. The minimum absolute atomic E-state index is 0.0203. The molecule has 2 aromatic carbocycles. The molecule has 1 aromatic heterocycles. The largest absolute Gasteiger partial charge is 0.493 e. The van der Waals surface area contributed by atoms with Crippen LogP contribution in [0.3, 0.4) is 0 Å². The number of hydrogen-bond acceptors (Lipinski definition) is 5. The number of thioether (sulfide) groups is 1. The van der Waals surface area contributed by atoms with Crippen LogP contribution in [0.5, 0.6) is 5.75 Å². The van der Waals surface area contributed by atoms with Crippen molar-refractivity contribution in [1.82, 2.24) is 14.7 Å². The van der Waals surface area contributed by atoms with Crippen molar-refractivity contribution >= 4 is 40.3 Å². The molecule has 0 aliphatic carbocycles. The number of aromatic nitrogens is 2. The minimum Gasteiger partial charge on any atom is -0.493 e. The molecule has 0 radical (unpaired) electrons. The Labute approximate surface area is 223 Å². The van der Waals surface area contributed by atoms with Crippen LogP contribution >= 0.6 is 24.0 Å². The number of thiocarbonyl (C=S) groups is 1. The third-order valence-electron chi connectivity index (χ3n) is 5.93. The monoisotopic (exact) mass is 519 g/mol. The number of aryl methyl sites for hydroxylation is 1. The predicted octanol–water partition coefficient (Wildman–Crippen LogP) is 7.27. The van der Waals surface area contributed by atoms with Gasteiger partial charge in [-0.15, -0.1) is 0 Å². The van der Waals surface area contributed by atoms with E-state index in [1.54, 1.807) is 4.90 Å². The van der Waals surface area contributed by atoms with Gasteiger partial charge in [-0.1, -0.05) is 75.8 Å². The topological polar surface area (TPSA) is 47.4 Å². The Bertz CT molecular complexity index is 1260. The minimum atomic E-state index is -0.0203. The van der Waals surface area contributed by atoms with Crippen LogP contribution < -0.4 is 4.74 Å². The van der Waals surface area contributed by atoms with Gasteiger partial charge in [0.05, 0.1) is 17.2 Å². The summed E-state index contributed by atoms with van der Waals surface area (Å²) in [4.78, 5) is 15.5. The molecule has 0 unspecified atom stereocenters. The molecular formula is C29H33N3O2S2. The van der Waals surface area contributed by atoms with Crippen LogP contribution in [0.4, 0.5) is 0 Å². The van der Waals surface area contributed by atoms with Crippen molar-refractivity contribution in [2.75, 3.05) is 13.2 Å². The summed E-state index contributed by atoms with van der Waals surface area (Å²) in [6.07, 6.45) is 7.05. The standard InChI is InChI=1S/C29H33N3O2S2/c1-5-6-10-15-31-28(33)26(36-29(31)35)17-23-18-32(24-11-8-7-9-12-24)30-27(23)22-13-14-25(21(4)16-22)34-19-20(2)3/h7-9,11-14,16-18,20H,5-6,10,15,19H2,1-4H3/b26-17-. The van der Waals surface area contributed by atoms with Crippen LogP contribution in [0, 0.1) is 12.8 Å². The normalized spacial score (nSPS) is 14.9. The first-order valence-electron chi connectivity index (χ1n) is 12.5. The Balaban J connectivity index is 1.70. The number of amides is 1. The molecule has 0 bridgehead atoms. The molecule has 36 heavy (non-hydrogen) atoms. The third-order valence-corrected chi connectivity index (χ3v) is 7.31. The van der Waals surface area contributed by atoms with Crippen LogP contribution in [0.2, 0.25) is 0 Å². The summed E-state index contributed by atoms with van der Waals surface area (Å²) in [5, 5.41) is 4.93. The van der Waals surface area contributed by atoms with E-state index < -0.39 is 0 Å². The maximum Gasteiger partial charge on any atom is 0.266 e. The maximum absolute atomic E-state index is 13.2.